The number of hydrogen-bond donors (Lipinski definition) is 1. The lowest BCUT2D eigenvalue weighted by Crippen LogP contribution is -2.48. The van der Waals surface area contributed by atoms with Crippen LogP contribution in [0.5, 0.6) is 0 Å². The molecule has 0 aliphatic carbocycles. The van der Waals surface area contributed by atoms with Crippen molar-refractivity contribution < 1.29 is 5.11 Å². The molecule has 0 radical (unpaired) electrons. The lowest BCUT2D eigenvalue weighted by atomic mass is 9.98. The number of rotatable bonds is 1. The Morgan fingerprint density at radius 1 is 1.07 bits per heavy atom. The third kappa shape index (κ3) is 2.44. The maximum Gasteiger partial charge on any atom is 0.207 e. The van der Waals surface area contributed by atoms with Gasteiger partial charge in [-0.2, -0.15) is 10.3 Å². The van der Waals surface area contributed by atoms with Gasteiger partial charge in [-0.3, -0.25) is 0 Å². The molecule has 2 saturated heterocycles. The predicted molar refractivity (Wildman–Crippen MR) is 106 cm³/mol. The molecule has 0 saturated carbocycles. The van der Waals surface area contributed by atoms with Crippen LogP contribution in [0, 0.1) is 11.5 Å². The van der Waals surface area contributed by atoms with Gasteiger partial charge < -0.3 is 14.6 Å². The number of nitrogens with zero attached hydrogens (tertiary/aromatic N) is 4. The van der Waals surface area contributed by atoms with Gasteiger partial charge in [-0.15, -0.1) is 0 Å². The normalized spacial score (nSPS) is 25.3. The minimum absolute atomic E-state index is 0.234. The Morgan fingerprint density at radius 2 is 1.78 bits per heavy atom. The molecule has 27 heavy (non-hydrogen) atoms. The van der Waals surface area contributed by atoms with Gasteiger partial charge in [0.2, 0.25) is 6.19 Å². The first kappa shape index (κ1) is 16.3. The van der Waals surface area contributed by atoms with Crippen molar-refractivity contribution in [2.24, 2.45) is 12.0 Å². The lowest BCUT2D eigenvalue weighted by molar-refractivity contribution is 0.0714. The van der Waals surface area contributed by atoms with Gasteiger partial charge in [0.15, 0.2) is 0 Å². The highest BCUT2D eigenvalue weighted by Gasteiger charge is 2.42. The molecule has 2 aliphatic heterocycles. The fourth-order valence-corrected chi connectivity index (χ4v) is 5.12. The van der Waals surface area contributed by atoms with Crippen molar-refractivity contribution >= 4 is 27.6 Å². The van der Waals surface area contributed by atoms with Crippen molar-refractivity contribution in [3.05, 3.63) is 48.0 Å². The highest BCUT2D eigenvalue weighted by molar-refractivity contribution is 6.11. The molecule has 2 aliphatic rings. The molecule has 3 aromatic rings. The Bertz CT molecular complexity index is 1090. The largest absolute Gasteiger partial charge is 0.393 e. The number of aryl methyl sites for hydroxylation is 1. The summed E-state index contributed by atoms with van der Waals surface area (Å²) in [5.74, 6) is 0.756. The van der Waals surface area contributed by atoms with E-state index >= 15 is 0 Å². The van der Waals surface area contributed by atoms with Gasteiger partial charge in [-0.05, 0) is 49.9 Å². The summed E-state index contributed by atoms with van der Waals surface area (Å²) in [6, 6.07) is 15.3. The third-order valence-corrected chi connectivity index (χ3v) is 6.28. The Labute approximate surface area is 158 Å². The first-order chi connectivity index (χ1) is 13.2. The number of aliphatic imine (C=N–C) groups is 1. The second-order valence-corrected chi connectivity index (χ2v) is 7.76. The molecule has 3 heterocycles. The van der Waals surface area contributed by atoms with Crippen molar-refractivity contribution in [1.82, 2.24) is 9.47 Å². The highest BCUT2D eigenvalue weighted by Crippen LogP contribution is 2.38. The van der Waals surface area contributed by atoms with E-state index in [9.17, 15) is 10.4 Å². The Hall–Kier alpha value is -2.84. The van der Waals surface area contributed by atoms with Gasteiger partial charge in [-0.25, -0.2) is 0 Å². The topological polar surface area (TPSA) is 64.5 Å². The van der Waals surface area contributed by atoms with Crippen LogP contribution in [0.4, 0.5) is 0 Å². The van der Waals surface area contributed by atoms with Crippen LogP contribution in [0.2, 0.25) is 0 Å². The predicted octanol–water partition coefficient (Wildman–Crippen LogP) is 3.55. The summed E-state index contributed by atoms with van der Waals surface area (Å²) in [5, 5.41) is 21.9. The molecule has 1 aromatic heterocycles. The number of benzene rings is 2. The van der Waals surface area contributed by atoms with Crippen molar-refractivity contribution in [2.75, 3.05) is 0 Å². The average molecular weight is 358 g/mol. The number of amidine groups is 1. The molecule has 2 bridgehead atoms. The average Bonchev–Trinajstić information content (AvgIpc) is 3.11. The minimum Gasteiger partial charge on any atom is -0.393 e. The molecule has 2 fully saturated rings. The zero-order chi connectivity index (χ0) is 18.5. The zero-order valence-electron chi connectivity index (χ0n) is 15.3. The number of para-hydroxylation sites is 1. The fourth-order valence-electron chi connectivity index (χ4n) is 5.12. The molecule has 2 atom stereocenters. The molecule has 1 N–H and O–H groups in total. The van der Waals surface area contributed by atoms with E-state index in [2.05, 4.69) is 64.0 Å². The number of hydrogen-bond acceptors (Lipinski definition) is 3. The van der Waals surface area contributed by atoms with Crippen molar-refractivity contribution in [3.8, 4) is 6.19 Å². The monoisotopic (exact) mass is 358 g/mol. The number of fused-ring (bicyclic) bond motifs is 5. The standard InChI is InChI=1S/C22H22N4O/c1-25-20-5-3-2-4-18(20)19-10-14(6-9-21(19)25)22(24-13-23)26-15-7-8-16(26)12-17(27)11-15/h2-6,9-10,15-17,27H,7-8,11-12H2,1H3. The van der Waals surface area contributed by atoms with Gasteiger partial charge in [0, 0.05) is 46.5 Å². The smallest absolute Gasteiger partial charge is 0.207 e. The molecule has 0 spiro atoms. The summed E-state index contributed by atoms with van der Waals surface area (Å²) in [4.78, 5) is 6.53. The van der Waals surface area contributed by atoms with E-state index in [0.717, 1.165) is 37.1 Å². The number of aliphatic hydroxyl groups excluding tert-OH is 1. The second kappa shape index (κ2) is 6.11. The second-order valence-electron chi connectivity index (χ2n) is 7.76. The summed E-state index contributed by atoms with van der Waals surface area (Å²) in [6.07, 6.45) is 5.42. The molecule has 136 valence electrons. The lowest BCUT2D eigenvalue weighted by Gasteiger charge is -2.39. The first-order valence-electron chi connectivity index (χ1n) is 9.58. The summed E-state index contributed by atoms with van der Waals surface area (Å²) >= 11 is 0. The number of piperidine rings is 1. The molecule has 5 nitrogen and oxygen atoms in total. The quantitative estimate of drug-likeness (QED) is 0.411. The molecular formula is C22H22N4O. The van der Waals surface area contributed by atoms with E-state index in [0.29, 0.717) is 0 Å². The van der Waals surface area contributed by atoms with Crippen LogP contribution < -0.4 is 0 Å². The van der Waals surface area contributed by atoms with Gasteiger partial charge >= 0.3 is 0 Å². The zero-order valence-corrected chi connectivity index (χ0v) is 15.3. The van der Waals surface area contributed by atoms with Gasteiger partial charge in [0.1, 0.15) is 5.84 Å². The maximum atomic E-state index is 10.1. The summed E-state index contributed by atoms with van der Waals surface area (Å²) in [5.41, 5.74) is 3.35. The molecule has 2 aromatic carbocycles. The van der Waals surface area contributed by atoms with Crippen molar-refractivity contribution in [3.63, 3.8) is 0 Å². The van der Waals surface area contributed by atoms with E-state index in [1.807, 2.05) is 6.19 Å². The molecule has 5 heteroatoms. The van der Waals surface area contributed by atoms with Crippen LogP contribution in [-0.4, -0.2) is 38.6 Å². The van der Waals surface area contributed by atoms with Crippen LogP contribution in [0.1, 0.15) is 31.2 Å². The number of nitriles is 1. The van der Waals surface area contributed by atoms with Gasteiger partial charge in [-0.1, -0.05) is 18.2 Å². The summed E-state index contributed by atoms with van der Waals surface area (Å²) < 4.78 is 2.20. The SMILES string of the molecule is Cn1c2ccccc2c2cc(C(=NC#N)N3C4CCC3CC(O)C4)ccc21. The maximum absolute atomic E-state index is 10.1. The van der Waals surface area contributed by atoms with Crippen molar-refractivity contribution in [2.45, 2.75) is 43.9 Å². The van der Waals surface area contributed by atoms with Crippen LogP contribution in [0.15, 0.2) is 47.5 Å². The summed E-state index contributed by atoms with van der Waals surface area (Å²) in [7, 11) is 2.08. The van der Waals surface area contributed by atoms with E-state index in [1.165, 1.54) is 21.8 Å². The van der Waals surface area contributed by atoms with E-state index in [1.54, 1.807) is 0 Å². The minimum atomic E-state index is -0.234. The van der Waals surface area contributed by atoms with E-state index < -0.39 is 0 Å². The van der Waals surface area contributed by atoms with Gasteiger partial charge in [0.25, 0.3) is 0 Å². The Kier molecular flexibility index (Phi) is 3.70. The third-order valence-electron chi connectivity index (χ3n) is 6.28. The number of aromatic nitrogens is 1. The van der Waals surface area contributed by atoms with Crippen LogP contribution in [-0.2, 0) is 7.05 Å². The Balaban J connectivity index is 1.66. The summed E-state index contributed by atoms with van der Waals surface area (Å²) in [6.45, 7) is 0. The molecule has 2 unspecified atom stereocenters. The van der Waals surface area contributed by atoms with E-state index in [-0.39, 0.29) is 18.2 Å². The molecule has 0 amide bonds. The molecular weight excluding hydrogens is 336 g/mol. The van der Waals surface area contributed by atoms with Crippen molar-refractivity contribution in [1.29, 1.82) is 5.26 Å². The van der Waals surface area contributed by atoms with E-state index in [4.69, 9.17) is 0 Å². The highest BCUT2D eigenvalue weighted by atomic mass is 16.3. The van der Waals surface area contributed by atoms with Crippen LogP contribution in [0.3, 0.4) is 0 Å². The van der Waals surface area contributed by atoms with Gasteiger partial charge in [0.05, 0.1) is 6.10 Å². The fraction of sp³-hybridized carbons (Fsp3) is 0.364. The molecule has 5 rings (SSSR count). The Morgan fingerprint density at radius 3 is 2.52 bits per heavy atom. The first-order valence-corrected chi connectivity index (χ1v) is 9.58. The van der Waals surface area contributed by atoms with Crippen LogP contribution >= 0.6 is 0 Å². The number of aliphatic hydroxyl groups is 1. The van der Waals surface area contributed by atoms with Crippen LogP contribution in [0.25, 0.3) is 21.8 Å².